The third-order valence-corrected chi connectivity index (χ3v) is 4.10. The molecule has 3 rings (SSSR count). The Bertz CT molecular complexity index is 447. The first-order chi connectivity index (χ1) is 8.88. The summed E-state index contributed by atoms with van der Waals surface area (Å²) in [6.07, 6.45) is 16.4. The van der Waals surface area contributed by atoms with Gasteiger partial charge in [0.05, 0.1) is 0 Å². The zero-order chi connectivity index (χ0) is 12.4. The Balaban J connectivity index is 1.84. The van der Waals surface area contributed by atoms with Crippen molar-refractivity contribution in [1.29, 1.82) is 0 Å². The van der Waals surface area contributed by atoms with Crippen LogP contribution in [-0.4, -0.2) is 0 Å². The van der Waals surface area contributed by atoms with Gasteiger partial charge in [-0.2, -0.15) is 0 Å². The second kappa shape index (κ2) is 5.14. The summed E-state index contributed by atoms with van der Waals surface area (Å²) < 4.78 is 0. The summed E-state index contributed by atoms with van der Waals surface area (Å²) in [6.45, 7) is 2.25. The van der Waals surface area contributed by atoms with Crippen LogP contribution in [0.2, 0.25) is 0 Å². The van der Waals surface area contributed by atoms with Crippen molar-refractivity contribution in [2.75, 3.05) is 0 Å². The molecule has 0 bridgehead atoms. The molecule has 0 heterocycles. The Morgan fingerprint density at radius 2 is 2.00 bits per heavy atom. The van der Waals surface area contributed by atoms with Gasteiger partial charge in [-0.3, -0.25) is 0 Å². The normalized spacial score (nSPS) is 29.5. The number of aryl methyl sites for hydroxylation is 1. The second-order valence-electron chi connectivity index (χ2n) is 5.36. The quantitative estimate of drug-likeness (QED) is 0.721. The van der Waals surface area contributed by atoms with Crippen LogP contribution in [0, 0.1) is 18.3 Å². The van der Waals surface area contributed by atoms with Crippen molar-refractivity contribution < 1.29 is 0 Å². The van der Waals surface area contributed by atoms with Crippen LogP contribution in [-0.2, 0) is 6.42 Å². The Morgan fingerprint density at radius 1 is 1.17 bits per heavy atom. The number of rotatable bonds is 3. The standard InChI is InChI=1S/C18H20/c1-2-7-14-8-5-6-11-18(14)17-12-15-9-3-4-10-16(15)13-17/h3-6,8-11,15-17H,2,7,12H2,1H3. The summed E-state index contributed by atoms with van der Waals surface area (Å²) in [4.78, 5) is 0. The van der Waals surface area contributed by atoms with E-state index in [9.17, 15) is 0 Å². The number of allylic oxidation sites excluding steroid dienone is 4. The van der Waals surface area contributed by atoms with E-state index < -0.39 is 0 Å². The number of hydrogen-bond acceptors (Lipinski definition) is 0. The largest absolute Gasteiger partial charge is 0.0808 e. The number of fused-ring (bicyclic) bond motifs is 1. The number of hydrogen-bond donors (Lipinski definition) is 0. The molecule has 0 nitrogen and oxygen atoms in total. The van der Waals surface area contributed by atoms with Gasteiger partial charge in [-0.1, -0.05) is 61.9 Å². The molecule has 0 N–H and O–H groups in total. The van der Waals surface area contributed by atoms with E-state index in [4.69, 9.17) is 0 Å². The van der Waals surface area contributed by atoms with Gasteiger partial charge < -0.3 is 0 Å². The van der Waals surface area contributed by atoms with E-state index in [0.717, 1.165) is 0 Å². The van der Waals surface area contributed by atoms with Gasteiger partial charge in [0.2, 0.25) is 0 Å². The molecule has 1 aromatic rings. The Hall–Kier alpha value is -1.30. The van der Waals surface area contributed by atoms with Crippen LogP contribution in [0.4, 0.5) is 0 Å². The second-order valence-corrected chi connectivity index (χ2v) is 5.36. The molecule has 1 saturated carbocycles. The zero-order valence-electron chi connectivity index (χ0n) is 11.0. The zero-order valence-corrected chi connectivity index (χ0v) is 11.0. The topological polar surface area (TPSA) is 0 Å². The molecular formula is C18H20. The van der Waals surface area contributed by atoms with Crippen LogP contribution >= 0.6 is 0 Å². The molecule has 0 saturated heterocycles. The fraction of sp³-hybridized carbons (Fsp3) is 0.389. The summed E-state index contributed by atoms with van der Waals surface area (Å²) in [7, 11) is 0. The van der Waals surface area contributed by atoms with E-state index >= 15 is 0 Å². The van der Waals surface area contributed by atoms with Gasteiger partial charge in [0.1, 0.15) is 0 Å². The predicted molar refractivity (Wildman–Crippen MR) is 76.3 cm³/mol. The predicted octanol–water partition coefficient (Wildman–Crippen LogP) is 4.57. The molecular weight excluding hydrogens is 216 g/mol. The molecule has 0 amide bonds. The molecule has 0 spiro atoms. The Morgan fingerprint density at radius 3 is 2.83 bits per heavy atom. The number of benzene rings is 1. The van der Waals surface area contributed by atoms with E-state index in [-0.39, 0.29) is 0 Å². The maximum Gasteiger partial charge on any atom is -0.00117 e. The molecule has 1 aromatic carbocycles. The SMILES string of the molecule is CCCc1ccccc1C1[C]C2C=CC=CC2C1. The average Bonchev–Trinajstić information content (AvgIpc) is 2.83. The fourth-order valence-corrected chi connectivity index (χ4v) is 3.22. The summed E-state index contributed by atoms with van der Waals surface area (Å²) in [5.74, 6) is 1.74. The van der Waals surface area contributed by atoms with Crippen molar-refractivity contribution in [2.24, 2.45) is 11.8 Å². The first kappa shape index (κ1) is 11.8. The third kappa shape index (κ3) is 2.16. The summed E-state index contributed by atoms with van der Waals surface area (Å²) in [5.41, 5.74) is 3.03. The average molecular weight is 236 g/mol. The first-order valence-corrected chi connectivity index (χ1v) is 7.07. The molecule has 0 aliphatic heterocycles. The molecule has 2 radical (unpaired) electrons. The maximum atomic E-state index is 3.77. The van der Waals surface area contributed by atoms with Crippen molar-refractivity contribution in [3.05, 3.63) is 66.1 Å². The summed E-state index contributed by atoms with van der Waals surface area (Å²) in [6, 6.07) is 8.92. The van der Waals surface area contributed by atoms with Crippen LogP contribution in [0.25, 0.3) is 0 Å². The lowest BCUT2D eigenvalue weighted by molar-refractivity contribution is 0.579. The van der Waals surface area contributed by atoms with Crippen LogP contribution in [0.5, 0.6) is 0 Å². The van der Waals surface area contributed by atoms with Crippen molar-refractivity contribution in [1.82, 2.24) is 0 Å². The molecule has 0 aromatic heterocycles. The van der Waals surface area contributed by atoms with Gasteiger partial charge in [0.25, 0.3) is 0 Å². The van der Waals surface area contributed by atoms with Gasteiger partial charge in [0, 0.05) is 0 Å². The van der Waals surface area contributed by atoms with Crippen LogP contribution < -0.4 is 0 Å². The lowest BCUT2D eigenvalue weighted by atomic mass is 9.90. The van der Waals surface area contributed by atoms with E-state index in [1.807, 2.05) is 0 Å². The summed E-state index contributed by atoms with van der Waals surface area (Å²) >= 11 is 0. The van der Waals surface area contributed by atoms with Gasteiger partial charge >= 0.3 is 0 Å². The molecule has 2 aliphatic rings. The van der Waals surface area contributed by atoms with Crippen molar-refractivity contribution in [2.45, 2.75) is 32.1 Å². The van der Waals surface area contributed by atoms with E-state index in [1.54, 1.807) is 0 Å². The van der Waals surface area contributed by atoms with E-state index in [0.29, 0.717) is 17.8 Å². The minimum atomic E-state index is 0.523. The van der Waals surface area contributed by atoms with Gasteiger partial charge in [-0.15, -0.1) is 0 Å². The summed E-state index contributed by atoms with van der Waals surface area (Å²) in [5, 5.41) is 0. The van der Waals surface area contributed by atoms with Gasteiger partial charge in [-0.25, -0.2) is 0 Å². The van der Waals surface area contributed by atoms with E-state index in [1.165, 1.54) is 30.4 Å². The highest BCUT2D eigenvalue weighted by atomic mass is 14.4. The third-order valence-electron chi connectivity index (χ3n) is 4.10. The Labute approximate surface area is 110 Å². The molecule has 2 aliphatic carbocycles. The molecule has 3 unspecified atom stereocenters. The lowest BCUT2D eigenvalue weighted by Gasteiger charge is -2.14. The molecule has 92 valence electrons. The monoisotopic (exact) mass is 236 g/mol. The van der Waals surface area contributed by atoms with Crippen molar-refractivity contribution >= 4 is 0 Å². The molecule has 18 heavy (non-hydrogen) atoms. The van der Waals surface area contributed by atoms with Crippen LogP contribution in [0.3, 0.4) is 0 Å². The minimum Gasteiger partial charge on any atom is -0.0808 e. The van der Waals surface area contributed by atoms with Gasteiger partial charge in [-0.05, 0) is 48.1 Å². The first-order valence-electron chi connectivity index (χ1n) is 7.07. The van der Waals surface area contributed by atoms with Crippen molar-refractivity contribution in [3.8, 4) is 0 Å². The minimum absolute atomic E-state index is 0.523. The highest BCUT2D eigenvalue weighted by Crippen LogP contribution is 2.45. The highest BCUT2D eigenvalue weighted by Gasteiger charge is 2.34. The maximum absolute atomic E-state index is 3.77. The van der Waals surface area contributed by atoms with Crippen molar-refractivity contribution in [3.63, 3.8) is 0 Å². The molecule has 0 heteroatoms. The fourth-order valence-electron chi connectivity index (χ4n) is 3.22. The highest BCUT2D eigenvalue weighted by molar-refractivity contribution is 5.36. The Kier molecular flexibility index (Phi) is 3.36. The smallest absolute Gasteiger partial charge is 0.00117 e. The molecule has 1 fully saturated rings. The molecule has 3 atom stereocenters. The van der Waals surface area contributed by atoms with Crippen LogP contribution in [0.15, 0.2) is 48.6 Å². The van der Waals surface area contributed by atoms with Crippen LogP contribution in [0.1, 0.15) is 36.8 Å². The lowest BCUT2D eigenvalue weighted by Crippen LogP contribution is -2.03. The van der Waals surface area contributed by atoms with Gasteiger partial charge in [0.15, 0.2) is 0 Å². The van der Waals surface area contributed by atoms with E-state index in [2.05, 4.69) is 61.9 Å².